The first-order valence-corrected chi connectivity index (χ1v) is 11.7. The molecule has 178 valence electrons. The van der Waals surface area contributed by atoms with Crippen molar-refractivity contribution in [3.8, 4) is 0 Å². The van der Waals surface area contributed by atoms with E-state index in [0.717, 1.165) is 28.5 Å². The van der Waals surface area contributed by atoms with Gasteiger partial charge in [-0.25, -0.2) is 4.79 Å². The van der Waals surface area contributed by atoms with Crippen LogP contribution in [0.2, 0.25) is 5.02 Å². The van der Waals surface area contributed by atoms with Crippen molar-refractivity contribution in [2.75, 3.05) is 6.61 Å². The summed E-state index contributed by atoms with van der Waals surface area (Å²) in [7, 11) is 0. The summed E-state index contributed by atoms with van der Waals surface area (Å²) in [6.07, 6.45) is 2.88. The maximum absolute atomic E-state index is 13.0. The maximum Gasteiger partial charge on any atom is 0.329 e. The molecule has 1 heterocycles. The molecule has 1 aromatic heterocycles. The average Bonchev–Trinajstić information content (AvgIpc) is 3.30. The van der Waals surface area contributed by atoms with E-state index in [9.17, 15) is 14.4 Å². The predicted molar refractivity (Wildman–Crippen MR) is 136 cm³/mol. The molecule has 1 atom stereocenters. The molecule has 0 bridgehead atoms. The monoisotopic (exact) mass is 488 g/mol. The molecule has 1 amide bonds. The van der Waals surface area contributed by atoms with Crippen LogP contribution in [0.5, 0.6) is 0 Å². The summed E-state index contributed by atoms with van der Waals surface area (Å²) >= 11 is 5.87. The number of halogens is 1. The molecule has 0 aliphatic carbocycles. The number of benzene rings is 3. The Morgan fingerprint density at radius 3 is 2.34 bits per heavy atom. The van der Waals surface area contributed by atoms with Crippen molar-refractivity contribution in [2.24, 2.45) is 0 Å². The van der Waals surface area contributed by atoms with E-state index in [0.29, 0.717) is 16.1 Å². The molecule has 0 saturated heterocycles. The largest absolute Gasteiger partial charge is 0.456 e. The number of rotatable bonds is 9. The van der Waals surface area contributed by atoms with Crippen molar-refractivity contribution in [3.63, 3.8) is 0 Å². The van der Waals surface area contributed by atoms with Crippen LogP contribution >= 0.6 is 11.6 Å². The second-order valence-electron chi connectivity index (χ2n) is 8.18. The summed E-state index contributed by atoms with van der Waals surface area (Å²) in [5.41, 5.74) is 3.71. The number of ether oxygens (including phenoxy) is 1. The van der Waals surface area contributed by atoms with Crippen LogP contribution in [0.25, 0.3) is 10.9 Å². The fourth-order valence-electron chi connectivity index (χ4n) is 3.80. The second-order valence-corrected chi connectivity index (χ2v) is 8.61. The lowest BCUT2D eigenvalue weighted by Gasteiger charge is -2.18. The van der Waals surface area contributed by atoms with Crippen molar-refractivity contribution in [3.05, 3.63) is 106 Å². The molecule has 0 spiro atoms. The molecule has 3 aromatic carbocycles. The van der Waals surface area contributed by atoms with Gasteiger partial charge in [-0.2, -0.15) is 0 Å². The van der Waals surface area contributed by atoms with Gasteiger partial charge in [-0.1, -0.05) is 48.9 Å². The van der Waals surface area contributed by atoms with Crippen molar-refractivity contribution < 1.29 is 19.1 Å². The van der Waals surface area contributed by atoms with Crippen LogP contribution in [0.3, 0.4) is 0 Å². The van der Waals surface area contributed by atoms with E-state index in [1.165, 1.54) is 0 Å². The van der Waals surface area contributed by atoms with Gasteiger partial charge in [-0.15, -0.1) is 0 Å². The van der Waals surface area contributed by atoms with Crippen LogP contribution < -0.4 is 5.32 Å². The van der Waals surface area contributed by atoms with Crippen LogP contribution in [-0.4, -0.2) is 35.3 Å². The summed E-state index contributed by atoms with van der Waals surface area (Å²) in [6.45, 7) is 1.60. The Balaban J connectivity index is 1.51. The highest BCUT2D eigenvalue weighted by Crippen LogP contribution is 2.20. The van der Waals surface area contributed by atoms with Gasteiger partial charge < -0.3 is 15.0 Å². The van der Waals surface area contributed by atoms with Gasteiger partial charge in [0, 0.05) is 39.7 Å². The number of para-hydroxylation sites is 1. The Morgan fingerprint density at radius 1 is 0.943 bits per heavy atom. The molecule has 35 heavy (non-hydrogen) atoms. The van der Waals surface area contributed by atoms with E-state index in [-0.39, 0.29) is 12.2 Å². The first kappa shape index (κ1) is 24.2. The molecule has 7 heteroatoms. The Bertz CT molecular complexity index is 1340. The van der Waals surface area contributed by atoms with Crippen LogP contribution in [0.1, 0.15) is 38.8 Å². The number of amides is 1. The molecule has 0 aliphatic heterocycles. The normalized spacial score (nSPS) is 11.7. The average molecular weight is 489 g/mol. The number of fused-ring (bicyclic) bond motifs is 1. The third kappa shape index (κ3) is 5.97. The minimum Gasteiger partial charge on any atom is -0.456 e. The fourth-order valence-corrected chi connectivity index (χ4v) is 3.93. The lowest BCUT2D eigenvalue weighted by atomic mass is 10.0. The van der Waals surface area contributed by atoms with Crippen LogP contribution in [0, 0.1) is 0 Å². The first-order valence-electron chi connectivity index (χ1n) is 11.3. The highest BCUT2D eigenvalue weighted by molar-refractivity contribution is 6.30. The van der Waals surface area contributed by atoms with Gasteiger partial charge in [0.15, 0.2) is 12.4 Å². The SMILES string of the molecule is CCc1ccc(C(=O)N[C@@H](Cc2c[nH]c3ccccc23)C(=O)OCC(=O)c2ccc(Cl)cc2)cc1. The molecule has 4 aromatic rings. The number of Topliss-reactive ketones (excluding diaryl/α,β-unsaturated/α-hetero) is 1. The number of hydrogen-bond donors (Lipinski definition) is 2. The van der Waals surface area contributed by atoms with Crippen LogP contribution in [-0.2, 0) is 22.4 Å². The number of aromatic nitrogens is 1. The Kier molecular flexibility index (Phi) is 7.63. The molecule has 4 rings (SSSR count). The number of carbonyl (C=O) groups is 3. The zero-order chi connectivity index (χ0) is 24.8. The molecule has 2 N–H and O–H groups in total. The van der Waals surface area contributed by atoms with Crippen molar-refractivity contribution >= 4 is 40.2 Å². The summed E-state index contributed by atoms with van der Waals surface area (Å²) in [6, 6.07) is 20.3. The molecular weight excluding hydrogens is 464 g/mol. The van der Waals surface area contributed by atoms with Crippen LogP contribution in [0.4, 0.5) is 0 Å². The number of hydrogen-bond acceptors (Lipinski definition) is 4. The summed E-state index contributed by atoms with van der Waals surface area (Å²) in [5.74, 6) is -1.43. The number of esters is 1. The number of carbonyl (C=O) groups excluding carboxylic acids is 3. The van der Waals surface area contributed by atoms with Gasteiger partial charge in [0.1, 0.15) is 6.04 Å². The minimum absolute atomic E-state index is 0.205. The molecule has 0 saturated carbocycles. The third-order valence-electron chi connectivity index (χ3n) is 5.82. The lowest BCUT2D eigenvalue weighted by Crippen LogP contribution is -2.43. The Labute approximate surface area is 208 Å². The van der Waals surface area contributed by atoms with Gasteiger partial charge in [0.05, 0.1) is 0 Å². The Morgan fingerprint density at radius 2 is 1.63 bits per heavy atom. The van der Waals surface area contributed by atoms with Gasteiger partial charge >= 0.3 is 5.97 Å². The van der Waals surface area contributed by atoms with Crippen molar-refractivity contribution in [1.29, 1.82) is 0 Å². The van der Waals surface area contributed by atoms with E-state index >= 15 is 0 Å². The number of ketones is 1. The minimum atomic E-state index is -0.981. The quantitative estimate of drug-likeness (QED) is 0.252. The van der Waals surface area contributed by atoms with Gasteiger partial charge in [-0.05, 0) is 60.0 Å². The lowest BCUT2D eigenvalue weighted by molar-refractivity contribution is -0.144. The van der Waals surface area contributed by atoms with E-state index in [1.54, 1.807) is 36.4 Å². The zero-order valence-corrected chi connectivity index (χ0v) is 20.0. The fraction of sp³-hybridized carbons (Fsp3) is 0.179. The zero-order valence-electron chi connectivity index (χ0n) is 19.2. The van der Waals surface area contributed by atoms with Gasteiger partial charge in [0.2, 0.25) is 0 Å². The molecule has 0 radical (unpaired) electrons. The van der Waals surface area contributed by atoms with Gasteiger partial charge in [0.25, 0.3) is 5.91 Å². The number of H-pyrrole nitrogens is 1. The topological polar surface area (TPSA) is 88.3 Å². The van der Waals surface area contributed by atoms with E-state index in [1.807, 2.05) is 49.5 Å². The summed E-state index contributed by atoms with van der Waals surface area (Å²) in [5, 5.41) is 4.24. The molecule has 6 nitrogen and oxygen atoms in total. The molecule has 0 fully saturated rings. The Hall–Kier alpha value is -3.90. The highest BCUT2D eigenvalue weighted by Gasteiger charge is 2.25. The van der Waals surface area contributed by atoms with E-state index in [4.69, 9.17) is 16.3 Å². The maximum atomic E-state index is 13.0. The highest BCUT2D eigenvalue weighted by atomic mass is 35.5. The molecule has 0 unspecified atom stereocenters. The number of aryl methyl sites for hydroxylation is 1. The predicted octanol–water partition coefficient (Wildman–Crippen LogP) is 5.15. The molecular formula is C28H25ClN2O4. The standard InChI is InChI=1S/C28H25ClN2O4/c1-2-18-7-9-20(10-8-18)27(33)31-25(15-21-16-30-24-6-4-3-5-23(21)24)28(34)35-17-26(32)19-11-13-22(29)14-12-19/h3-14,16,25,30H,2,15,17H2,1H3,(H,31,33)/t25-/m0/s1. The van der Waals surface area contributed by atoms with Crippen LogP contribution in [0.15, 0.2) is 79.0 Å². The second kappa shape index (κ2) is 11.0. The van der Waals surface area contributed by atoms with E-state index < -0.39 is 24.5 Å². The van der Waals surface area contributed by atoms with E-state index in [2.05, 4.69) is 10.3 Å². The third-order valence-corrected chi connectivity index (χ3v) is 6.08. The van der Waals surface area contributed by atoms with Gasteiger partial charge in [-0.3, -0.25) is 9.59 Å². The first-order chi connectivity index (χ1) is 16.9. The van der Waals surface area contributed by atoms with Crippen molar-refractivity contribution in [1.82, 2.24) is 10.3 Å². The summed E-state index contributed by atoms with van der Waals surface area (Å²) in [4.78, 5) is 41.6. The number of aromatic amines is 1. The van der Waals surface area contributed by atoms with Crippen molar-refractivity contribution in [2.45, 2.75) is 25.8 Å². The summed E-state index contributed by atoms with van der Waals surface area (Å²) < 4.78 is 5.34. The number of nitrogens with one attached hydrogen (secondary N) is 2. The smallest absolute Gasteiger partial charge is 0.329 e. The molecule has 0 aliphatic rings.